The van der Waals surface area contributed by atoms with Crippen molar-refractivity contribution in [2.24, 2.45) is 0 Å². The summed E-state index contributed by atoms with van der Waals surface area (Å²) in [6.07, 6.45) is 1.85. The van der Waals surface area contributed by atoms with Crippen molar-refractivity contribution in [3.05, 3.63) is 63.0 Å². The zero-order valence-electron chi connectivity index (χ0n) is 14.2. The summed E-state index contributed by atoms with van der Waals surface area (Å²) in [4.78, 5) is 36.7. The molecule has 0 aliphatic rings. The fraction of sp³-hybridized carbons (Fsp3) is 0.278. The predicted octanol–water partition coefficient (Wildman–Crippen LogP) is 2.62. The number of hydrogen-bond donors (Lipinski definition) is 1. The highest BCUT2D eigenvalue weighted by Crippen LogP contribution is 2.13. The van der Waals surface area contributed by atoms with Crippen LogP contribution < -0.4 is 10.9 Å². The second kappa shape index (κ2) is 8.62. The van der Waals surface area contributed by atoms with Gasteiger partial charge in [0.1, 0.15) is 0 Å². The first-order chi connectivity index (χ1) is 11.8. The summed E-state index contributed by atoms with van der Waals surface area (Å²) in [6, 6.07) is 10.5. The van der Waals surface area contributed by atoms with Gasteiger partial charge in [-0.25, -0.2) is 0 Å². The average Bonchev–Trinajstić information content (AvgIpc) is 2.56. The van der Waals surface area contributed by atoms with E-state index in [1.807, 2.05) is 18.2 Å². The lowest BCUT2D eigenvalue weighted by molar-refractivity contribution is -0.128. The van der Waals surface area contributed by atoms with Gasteiger partial charge in [-0.05, 0) is 39.7 Å². The molecule has 1 aromatic heterocycles. The van der Waals surface area contributed by atoms with Gasteiger partial charge in [-0.2, -0.15) is 0 Å². The molecule has 0 spiro atoms. The van der Waals surface area contributed by atoms with E-state index in [4.69, 9.17) is 0 Å². The molecule has 2 rings (SSSR count). The van der Waals surface area contributed by atoms with Gasteiger partial charge in [-0.15, -0.1) is 0 Å². The minimum Gasteiger partial charge on any atom is -0.342 e. The number of hydrogen-bond acceptors (Lipinski definition) is 3. The Kier molecular flexibility index (Phi) is 6.52. The lowest BCUT2D eigenvalue weighted by atomic mass is 10.2. The van der Waals surface area contributed by atoms with Crippen LogP contribution in [0.1, 0.15) is 18.9 Å². The molecule has 6 nitrogen and oxygen atoms in total. The van der Waals surface area contributed by atoms with Crippen LogP contribution in [0.3, 0.4) is 0 Å². The number of amides is 2. The van der Waals surface area contributed by atoms with Crippen molar-refractivity contribution in [1.29, 1.82) is 0 Å². The Balaban J connectivity index is 1.95. The van der Waals surface area contributed by atoms with Gasteiger partial charge in [-0.1, -0.05) is 12.1 Å². The van der Waals surface area contributed by atoms with E-state index >= 15 is 0 Å². The number of carbonyl (C=O) groups excluding carboxylic acids is 2. The van der Waals surface area contributed by atoms with E-state index in [-0.39, 0.29) is 23.8 Å². The van der Waals surface area contributed by atoms with E-state index in [0.29, 0.717) is 18.8 Å². The summed E-state index contributed by atoms with van der Waals surface area (Å²) >= 11 is 3.31. The second-order valence-corrected chi connectivity index (χ2v) is 6.67. The molecule has 132 valence electrons. The van der Waals surface area contributed by atoms with Crippen molar-refractivity contribution in [3.63, 3.8) is 0 Å². The van der Waals surface area contributed by atoms with Crippen LogP contribution in [0, 0.1) is 0 Å². The third-order valence-electron chi connectivity index (χ3n) is 3.70. The van der Waals surface area contributed by atoms with Crippen LogP contribution in [0.25, 0.3) is 0 Å². The van der Waals surface area contributed by atoms with Crippen molar-refractivity contribution >= 4 is 33.4 Å². The van der Waals surface area contributed by atoms with E-state index in [1.54, 1.807) is 30.3 Å². The van der Waals surface area contributed by atoms with Gasteiger partial charge in [0.15, 0.2) is 0 Å². The number of nitrogens with zero attached hydrogens (tertiary/aromatic N) is 2. The van der Waals surface area contributed by atoms with Gasteiger partial charge in [0.05, 0.1) is 0 Å². The lowest BCUT2D eigenvalue weighted by Crippen LogP contribution is -2.23. The van der Waals surface area contributed by atoms with E-state index in [9.17, 15) is 14.4 Å². The SMILES string of the molecule is CC(=O)N(C)Cc1cccc(NC(=O)CCn2cc(Br)ccc2=O)c1. The number of pyridine rings is 1. The molecule has 0 bridgehead atoms. The molecule has 0 atom stereocenters. The standard InChI is InChI=1S/C18H20BrN3O3/c1-13(23)21(2)11-14-4-3-5-16(10-14)20-17(24)8-9-22-12-15(19)6-7-18(22)25/h3-7,10,12H,8-9,11H2,1-2H3,(H,20,24). The number of aryl methyl sites for hydroxylation is 1. The van der Waals surface area contributed by atoms with E-state index in [1.165, 1.54) is 17.6 Å². The van der Waals surface area contributed by atoms with Crippen molar-refractivity contribution in [3.8, 4) is 0 Å². The molecule has 25 heavy (non-hydrogen) atoms. The second-order valence-electron chi connectivity index (χ2n) is 5.75. The molecule has 0 saturated heterocycles. The maximum Gasteiger partial charge on any atom is 0.250 e. The van der Waals surface area contributed by atoms with Crippen LogP contribution in [0.5, 0.6) is 0 Å². The van der Waals surface area contributed by atoms with Gasteiger partial charge < -0.3 is 14.8 Å². The van der Waals surface area contributed by atoms with E-state index in [0.717, 1.165) is 10.0 Å². The predicted molar refractivity (Wildman–Crippen MR) is 100 cm³/mol. The molecule has 0 radical (unpaired) electrons. The fourth-order valence-electron chi connectivity index (χ4n) is 2.26. The first kappa shape index (κ1) is 18.9. The molecule has 7 heteroatoms. The molecule has 0 aliphatic carbocycles. The van der Waals surface area contributed by atoms with E-state index in [2.05, 4.69) is 21.2 Å². The van der Waals surface area contributed by atoms with Crippen molar-refractivity contribution in [2.45, 2.75) is 26.4 Å². The maximum atomic E-state index is 12.1. The van der Waals surface area contributed by atoms with Crippen LogP contribution in [-0.4, -0.2) is 28.3 Å². The highest BCUT2D eigenvalue weighted by molar-refractivity contribution is 9.10. The highest BCUT2D eigenvalue weighted by atomic mass is 79.9. The molecule has 0 fully saturated rings. The largest absolute Gasteiger partial charge is 0.342 e. The molecule has 0 unspecified atom stereocenters. The third-order valence-corrected chi connectivity index (χ3v) is 4.16. The Hall–Kier alpha value is -2.41. The summed E-state index contributed by atoms with van der Waals surface area (Å²) < 4.78 is 2.27. The van der Waals surface area contributed by atoms with Crippen molar-refractivity contribution < 1.29 is 9.59 Å². The van der Waals surface area contributed by atoms with Gasteiger partial charge in [-0.3, -0.25) is 14.4 Å². The summed E-state index contributed by atoms with van der Waals surface area (Å²) in [5, 5.41) is 2.82. The number of halogens is 1. The Morgan fingerprint density at radius 2 is 2.00 bits per heavy atom. The van der Waals surface area contributed by atoms with Crippen LogP contribution in [0.2, 0.25) is 0 Å². The molecular weight excluding hydrogens is 386 g/mol. The Bertz CT molecular complexity index is 832. The number of nitrogens with one attached hydrogen (secondary N) is 1. The van der Waals surface area contributed by atoms with Gasteiger partial charge in [0, 0.05) is 55.9 Å². The van der Waals surface area contributed by atoms with Crippen LogP contribution in [0.15, 0.2) is 51.9 Å². The average molecular weight is 406 g/mol. The molecule has 0 aliphatic heterocycles. The number of carbonyl (C=O) groups is 2. The normalized spacial score (nSPS) is 10.4. The quantitative estimate of drug-likeness (QED) is 0.802. The van der Waals surface area contributed by atoms with Crippen molar-refractivity contribution in [1.82, 2.24) is 9.47 Å². The monoisotopic (exact) mass is 405 g/mol. The summed E-state index contributed by atoms with van der Waals surface area (Å²) in [5.74, 6) is -0.196. The topological polar surface area (TPSA) is 71.4 Å². The Morgan fingerprint density at radius 3 is 2.72 bits per heavy atom. The highest BCUT2D eigenvalue weighted by Gasteiger charge is 2.07. The zero-order valence-corrected chi connectivity index (χ0v) is 15.7. The summed E-state index contributed by atoms with van der Waals surface area (Å²) in [7, 11) is 1.73. The first-order valence-corrected chi connectivity index (χ1v) is 8.61. The third kappa shape index (κ3) is 5.86. The molecule has 2 amide bonds. The Morgan fingerprint density at radius 1 is 1.24 bits per heavy atom. The van der Waals surface area contributed by atoms with Crippen LogP contribution >= 0.6 is 15.9 Å². The smallest absolute Gasteiger partial charge is 0.250 e. The zero-order chi connectivity index (χ0) is 18.4. The summed E-state index contributed by atoms with van der Waals surface area (Å²) in [6.45, 7) is 2.29. The minimum absolute atomic E-state index is 0.0195. The van der Waals surface area contributed by atoms with E-state index < -0.39 is 0 Å². The van der Waals surface area contributed by atoms with Crippen molar-refractivity contribution in [2.75, 3.05) is 12.4 Å². The molecular formula is C18H20BrN3O3. The van der Waals surface area contributed by atoms with Crippen LogP contribution in [-0.2, 0) is 22.7 Å². The molecule has 0 saturated carbocycles. The van der Waals surface area contributed by atoms with Gasteiger partial charge >= 0.3 is 0 Å². The number of anilines is 1. The maximum absolute atomic E-state index is 12.1. The Labute approximate surface area is 154 Å². The molecule has 1 heterocycles. The number of aromatic nitrogens is 1. The fourth-order valence-corrected chi connectivity index (χ4v) is 2.63. The van der Waals surface area contributed by atoms with Gasteiger partial charge in [0.2, 0.25) is 11.8 Å². The van der Waals surface area contributed by atoms with Gasteiger partial charge in [0.25, 0.3) is 5.56 Å². The summed E-state index contributed by atoms with van der Waals surface area (Å²) in [5.41, 5.74) is 1.45. The first-order valence-electron chi connectivity index (χ1n) is 7.81. The number of benzene rings is 1. The molecule has 1 aromatic carbocycles. The molecule has 1 N–H and O–H groups in total. The minimum atomic E-state index is -0.177. The van der Waals surface area contributed by atoms with Crippen LogP contribution in [0.4, 0.5) is 5.69 Å². The lowest BCUT2D eigenvalue weighted by Gasteiger charge is -2.15. The number of rotatable bonds is 6. The molecule has 2 aromatic rings.